The second-order valence-electron chi connectivity index (χ2n) is 7.46. The molecule has 2 aromatic carbocycles. The van der Waals surface area contributed by atoms with Crippen LogP contribution in [0.2, 0.25) is 0 Å². The largest absolute Gasteiger partial charge is 0.347 e. The number of nitrogens with one attached hydrogen (secondary N) is 1. The standard InChI is InChI=1S/C24H23N3OS.ClH/c1-26-22-9-11-25-15-21(22)20-8-5-18(14-23(20)26)27-12-10-17(13-24(27)28)16-3-6-19(29-2)7-4-16;/h3-8,10,12-14,25H,9,11,15H2,1-2H3;1H. The number of pyridine rings is 1. The molecule has 1 aliphatic rings. The van der Waals surface area contributed by atoms with Gasteiger partial charge in [0.25, 0.3) is 5.56 Å². The lowest BCUT2D eigenvalue weighted by Gasteiger charge is -2.14. The van der Waals surface area contributed by atoms with Crippen molar-refractivity contribution in [1.29, 1.82) is 0 Å². The Morgan fingerprint density at radius 2 is 1.80 bits per heavy atom. The average molecular weight is 438 g/mol. The molecule has 154 valence electrons. The smallest absolute Gasteiger partial charge is 0.255 e. The maximum Gasteiger partial charge on any atom is 0.255 e. The molecule has 6 heteroatoms. The van der Waals surface area contributed by atoms with Crippen LogP contribution in [0.1, 0.15) is 11.3 Å². The molecule has 0 aliphatic carbocycles. The highest BCUT2D eigenvalue weighted by molar-refractivity contribution is 7.98. The van der Waals surface area contributed by atoms with Crippen LogP contribution in [0.5, 0.6) is 0 Å². The minimum atomic E-state index is -0.0172. The lowest BCUT2D eigenvalue weighted by molar-refractivity contribution is 0.622. The van der Waals surface area contributed by atoms with Crippen LogP contribution in [0.25, 0.3) is 27.7 Å². The van der Waals surface area contributed by atoms with Gasteiger partial charge in [0.05, 0.1) is 11.2 Å². The normalized spacial score (nSPS) is 13.1. The number of rotatable bonds is 3. The van der Waals surface area contributed by atoms with Crippen molar-refractivity contribution in [1.82, 2.24) is 14.5 Å². The van der Waals surface area contributed by atoms with Gasteiger partial charge in [-0.2, -0.15) is 0 Å². The van der Waals surface area contributed by atoms with E-state index in [1.165, 1.54) is 27.1 Å². The minimum absolute atomic E-state index is 0. The molecular weight excluding hydrogens is 414 g/mol. The van der Waals surface area contributed by atoms with Gasteiger partial charge in [-0.25, -0.2) is 0 Å². The van der Waals surface area contributed by atoms with Gasteiger partial charge in [-0.15, -0.1) is 24.2 Å². The van der Waals surface area contributed by atoms with Gasteiger partial charge in [0.15, 0.2) is 0 Å². The Labute approximate surface area is 186 Å². The first-order chi connectivity index (χ1) is 14.2. The van der Waals surface area contributed by atoms with Crippen molar-refractivity contribution in [2.75, 3.05) is 12.8 Å². The molecule has 0 fully saturated rings. The quantitative estimate of drug-likeness (QED) is 0.468. The first kappa shape index (κ1) is 20.8. The Bertz CT molecular complexity index is 1270. The third-order valence-electron chi connectivity index (χ3n) is 5.88. The Balaban J connectivity index is 0.00000218. The van der Waals surface area contributed by atoms with Crippen molar-refractivity contribution in [3.05, 3.63) is 82.4 Å². The molecule has 30 heavy (non-hydrogen) atoms. The highest BCUT2D eigenvalue weighted by Crippen LogP contribution is 2.29. The first-order valence-electron chi connectivity index (χ1n) is 9.84. The van der Waals surface area contributed by atoms with Crippen molar-refractivity contribution in [3.63, 3.8) is 0 Å². The Hall–Kier alpha value is -2.47. The molecule has 0 unspecified atom stereocenters. The topological polar surface area (TPSA) is 39.0 Å². The Morgan fingerprint density at radius 3 is 2.53 bits per heavy atom. The molecule has 0 radical (unpaired) electrons. The van der Waals surface area contributed by atoms with Crippen LogP contribution in [-0.2, 0) is 20.0 Å². The first-order valence-corrected chi connectivity index (χ1v) is 11.1. The number of halogens is 1. The fourth-order valence-corrected chi connectivity index (χ4v) is 4.71. The molecule has 0 spiro atoms. The maximum absolute atomic E-state index is 12.9. The summed E-state index contributed by atoms with van der Waals surface area (Å²) in [5, 5.41) is 4.74. The van der Waals surface area contributed by atoms with Gasteiger partial charge < -0.3 is 9.88 Å². The van der Waals surface area contributed by atoms with Crippen LogP contribution >= 0.6 is 24.2 Å². The Kier molecular flexibility index (Phi) is 5.78. The van der Waals surface area contributed by atoms with Gasteiger partial charge in [0, 0.05) is 54.8 Å². The van der Waals surface area contributed by atoms with E-state index in [0.29, 0.717) is 0 Å². The second-order valence-corrected chi connectivity index (χ2v) is 8.34. The van der Waals surface area contributed by atoms with Gasteiger partial charge in [-0.1, -0.05) is 18.2 Å². The average Bonchev–Trinajstić information content (AvgIpc) is 3.06. The fourth-order valence-electron chi connectivity index (χ4n) is 4.30. The summed E-state index contributed by atoms with van der Waals surface area (Å²) in [6.45, 7) is 1.93. The number of hydrogen-bond acceptors (Lipinski definition) is 3. The lowest BCUT2D eigenvalue weighted by Crippen LogP contribution is -2.24. The van der Waals surface area contributed by atoms with Crippen LogP contribution in [0, 0.1) is 0 Å². The number of nitrogens with zero attached hydrogens (tertiary/aromatic N) is 2. The van der Waals surface area contributed by atoms with Crippen molar-refractivity contribution in [3.8, 4) is 16.8 Å². The van der Waals surface area contributed by atoms with Gasteiger partial charge in [-0.3, -0.25) is 9.36 Å². The number of hydrogen-bond donors (Lipinski definition) is 1. The molecule has 4 nitrogen and oxygen atoms in total. The summed E-state index contributed by atoms with van der Waals surface area (Å²) in [5.41, 5.74) is 6.85. The van der Waals surface area contributed by atoms with E-state index in [4.69, 9.17) is 0 Å². The Morgan fingerprint density at radius 1 is 1.00 bits per heavy atom. The van der Waals surface area contributed by atoms with E-state index in [1.807, 2.05) is 18.3 Å². The summed E-state index contributed by atoms with van der Waals surface area (Å²) in [6, 6.07) is 18.4. The third kappa shape index (κ3) is 3.47. The predicted molar refractivity (Wildman–Crippen MR) is 128 cm³/mol. The minimum Gasteiger partial charge on any atom is -0.347 e. The van der Waals surface area contributed by atoms with E-state index >= 15 is 0 Å². The highest BCUT2D eigenvalue weighted by atomic mass is 35.5. The molecular formula is C24H24ClN3OS. The summed E-state index contributed by atoms with van der Waals surface area (Å²) in [5.74, 6) is 0. The molecule has 1 aliphatic heterocycles. The molecule has 3 heterocycles. The number of fused-ring (bicyclic) bond motifs is 3. The summed E-state index contributed by atoms with van der Waals surface area (Å²) in [6.07, 6.45) is 4.98. The molecule has 1 N–H and O–H groups in total. The van der Waals surface area contributed by atoms with E-state index in [0.717, 1.165) is 36.3 Å². The summed E-state index contributed by atoms with van der Waals surface area (Å²) in [7, 11) is 2.13. The van der Waals surface area contributed by atoms with E-state index in [-0.39, 0.29) is 18.0 Å². The predicted octanol–water partition coefficient (Wildman–Crippen LogP) is 4.79. The summed E-state index contributed by atoms with van der Waals surface area (Å²) >= 11 is 1.72. The zero-order valence-electron chi connectivity index (χ0n) is 17.0. The van der Waals surface area contributed by atoms with Gasteiger partial charge in [0.1, 0.15) is 0 Å². The third-order valence-corrected chi connectivity index (χ3v) is 6.63. The van der Waals surface area contributed by atoms with Crippen molar-refractivity contribution < 1.29 is 0 Å². The molecule has 0 bridgehead atoms. The van der Waals surface area contributed by atoms with Crippen LogP contribution in [-0.4, -0.2) is 21.9 Å². The lowest BCUT2D eigenvalue weighted by atomic mass is 10.1. The van der Waals surface area contributed by atoms with E-state index in [1.54, 1.807) is 22.4 Å². The van der Waals surface area contributed by atoms with Crippen molar-refractivity contribution >= 4 is 35.1 Å². The monoisotopic (exact) mass is 437 g/mol. The van der Waals surface area contributed by atoms with Crippen LogP contribution in [0.15, 0.2) is 70.5 Å². The highest BCUT2D eigenvalue weighted by Gasteiger charge is 2.18. The van der Waals surface area contributed by atoms with Crippen LogP contribution in [0.3, 0.4) is 0 Å². The van der Waals surface area contributed by atoms with Crippen LogP contribution < -0.4 is 10.9 Å². The second kappa shape index (κ2) is 8.34. The van der Waals surface area contributed by atoms with E-state index in [9.17, 15) is 4.79 Å². The summed E-state index contributed by atoms with van der Waals surface area (Å²) in [4.78, 5) is 14.1. The van der Waals surface area contributed by atoms with Crippen LogP contribution in [0.4, 0.5) is 0 Å². The molecule has 4 aromatic rings. The summed E-state index contributed by atoms with van der Waals surface area (Å²) < 4.78 is 4.01. The molecule has 5 rings (SSSR count). The molecule has 0 amide bonds. The molecule has 0 atom stereocenters. The molecule has 0 saturated heterocycles. The van der Waals surface area contributed by atoms with Gasteiger partial charge in [0.2, 0.25) is 0 Å². The number of aromatic nitrogens is 2. The van der Waals surface area contributed by atoms with Gasteiger partial charge >= 0.3 is 0 Å². The molecule has 0 saturated carbocycles. The fraction of sp³-hybridized carbons (Fsp3) is 0.208. The SMILES string of the molecule is CSc1ccc(-c2ccn(-c3ccc4c5c(n(C)c4c3)CCNC5)c(=O)c2)cc1.Cl. The van der Waals surface area contributed by atoms with Crippen molar-refractivity contribution in [2.45, 2.75) is 17.9 Å². The maximum atomic E-state index is 12.9. The van der Waals surface area contributed by atoms with Crippen molar-refractivity contribution in [2.24, 2.45) is 7.05 Å². The number of aryl methyl sites for hydroxylation is 1. The number of benzene rings is 2. The number of thioether (sulfide) groups is 1. The zero-order valence-corrected chi connectivity index (χ0v) is 18.6. The molecule has 2 aromatic heterocycles. The van der Waals surface area contributed by atoms with Gasteiger partial charge in [-0.05, 0) is 53.3 Å². The van der Waals surface area contributed by atoms with E-state index in [2.05, 4.69) is 59.6 Å². The zero-order chi connectivity index (χ0) is 20.0. The van der Waals surface area contributed by atoms with E-state index < -0.39 is 0 Å².